The van der Waals surface area contributed by atoms with Crippen molar-refractivity contribution in [3.8, 4) is 0 Å². The molecule has 1 saturated carbocycles. The summed E-state index contributed by atoms with van der Waals surface area (Å²) in [6, 6.07) is 1.88. The van der Waals surface area contributed by atoms with Crippen LogP contribution in [0, 0.1) is 0 Å². The number of hydrogen-bond donors (Lipinski definition) is 1. The van der Waals surface area contributed by atoms with Gasteiger partial charge in [0.05, 0.1) is 0 Å². The molecule has 0 spiro atoms. The maximum Gasteiger partial charge on any atom is 0.354 e. The molecule has 0 aliphatic heterocycles. The molecule has 1 aliphatic carbocycles. The molecule has 1 N–H and O–H groups in total. The number of hydrogen-bond acceptors (Lipinski definition) is 4. The van der Waals surface area contributed by atoms with Gasteiger partial charge in [-0.05, 0) is 25.8 Å². The fourth-order valence-corrected chi connectivity index (χ4v) is 2.56. The van der Waals surface area contributed by atoms with Crippen molar-refractivity contribution in [2.24, 2.45) is 0 Å². The van der Waals surface area contributed by atoms with E-state index in [9.17, 15) is 4.79 Å². The molecule has 0 saturated heterocycles. The van der Waals surface area contributed by atoms with Crippen LogP contribution in [-0.2, 0) is 0 Å². The second kappa shape index (κ2) is 5.80. The van der Waals surface area contributed by atoms with Crippen LogP contribution in [0.4, 0.5) is 5.95 Å². The molecule has 0 unspecified atom stereocenters. The van der Waals surface area contributed by atoms with Crippen LogP contribution in [0.3, 0.4) is 0 Å². The number of anilines is 1. The van der Waals surface area contributed by atoms with Crippen LogP contribution in [0.25, 0.3) is 0 Å². The van der Waals surface area contributed by atoms with E-state index in [0.717, 1.165) is 19.4 Å². The third-order valence-corrected chi connectivity index (χ3v) is 3.48. The number of aromatic nitrogens is 2. The van der Waals surface area contributed by atoms with Crippen molar-refractivity contribution in [1.82, 2.24) is 9.97 Å². The highest BCUT2D eigenvalue weighted by molar-refractivity contribution is 5.85. The van der Waals surface area contributed by atoms with Crippen molar-refractivity contribution in [2.75, 3.05) is 11.4 Å². The van der Waals surface area contributed by atoms with Crippen molar-refractivity contribution in [1.29, 1.82) is 0 Å². The molecule has 0 bridgehead atoms. The summed E-state index contributed by atoms with van der Waals surface area (Å²) in [6.07, 6.45) is 7.59. The Labute approximate surface area is 107 Å². The molecule has 98 valence electrons. The van der Waals surface area contributed by atoms with E-state index in [2.05, 4.69) is 21.8 Å². The monoisotopic (exact) mass is 249 g/mol. The van der Waals surface area contributed by atoms with E-state index in [4.69, 9.17) is 5.11 Å². The Balaban J connectivity index is 2.20. The second-order valence-electron chi connectivity index (χ2n) is 4.62. The number of rotatable bonds is 4. The number of nitrogens with zero attached hydrogens (tertiary/aromatic N) is 3. The van der Waals surface area contributed by atoms with E-state index in [0.29, 0.717) is 12.0 Å². The molecule has 5 heteroatoms. The van der Waals surface area contributed by atoms with E-state index >= 15 is 0 Å². The first-order valence-corrected chi connectivity index (χ1v) is 6.55. The molecule has 0 aromatic carbocycles. The van der Waals surface area contributed by atoms with E-state index in [1.807, 2.05) is 0 Å². The zero-order chi connectivity index (χ0) is 13.0. The van der Waals surface area contributed by atoms with Crippen LogP contribution in [-0.4, -0.2) is 33.6 Å². The van der Waals surface area contributed by atoms with E-state index in [1.54, 1.807) is 0 Å². The largest absolute Gasteiger partial charge is 0.477 e. The predicted octanol–water partition coefficient (Wildman–Crippen LogP) is 2.33. The first kappa shape index (κ1) is 12.8. The van der Waals surface area contributed by atoms with Crippen molar-refractivity contribution in [2.45, 2.75) is 45.1 Å². The normalized spacial score (nSPS) is 16.5. The van der Waals surface area contributed by atoms with Crippen LogP contribution in [0.2, 0.25) is 0 Å². The Morgan fingerprint density at radius 1 is 1.44 bits per heavy atom. The maximum absolute atomic E-state index is 10.9. The lowest BCUT2D eigenvalue weighted by Crippen LogP contribution is -2.38. The van der Waals surface area contributed by atoms with Gasteiger partial charge < -0.3 is 10.0 Å². The molecule has 5 nitrogen and oxygen atoms in total. The van der Waals surface area contributed by atoms with Gasteiger partial charge >= 0.3 is 5.97 Å². The molecule has 0 amide bonds. The highest BCUT2D eigenvalue weighted by atomic mass is 16.4. The Kier molecular flexibility index (Phi) is 4.12. The minimum atomic E-state index is -1.00. The standard InChI is InChI=1S/C13H19N3O2/c1-2-16(10-6-4-3-5-7-10)13-14-9-8-11(15-13)12(17)18/h8-10H,2-7H2,1H3,(H,17,18). The van der Waals surface area contributed by atoms with E-state index < -0.39 is 5.97 Å². The summed E-state index contributed by atoms with van der Waals surface area (Å²) in [5.74, 6) is -0.456. The topological polar surface area (TPSA) is 66.3 Å². The van der Waals surface area contributed by atoms with Gasteiger partial charge in [0.1, 0.15) is 0 Å². The first-order chi connectivity index (χ1) is 8.72. The van der Waals surface area contributed by atoms with Crippen molar-refractivity contribution in [3.63, 3.8) is 0 Å². The van der Waals surface area contributed by atoms with Gasteiger partial charge in [-0.25, -0.2) is 14.8 Å². The lowest BCUT2D eigenvalue weighted by atomic mass is 9.94. The summed E-state index contributed by atoms with van der Waals surface area (Å²) in [5, 5.41) is 8.97. The summed E-state index contributed by atoms with van der Waals surface area (Å²) in [5.41, 5.74) is 0.0641. The van der Waals surface area contributed by atoms with Gasteiger partial charge in [0.25, 0.3) is 0 Å². The van der Waals surface area contributed by atoms with Crippen molar-refractivity contribution >= 4 is 11.9 Å². The van der Waals surface area contributed by atoms with E-state index in [1.165, 1.54) is 31.5 Å². The summed E-state index contributed by atoms with van der Waals surface area (Å²) in [6.45, 7) is 2.87. The second-order valence-corrected chi connectivity index (χ2v) is 4.62. The number of carboxylic acid groups (broad SMARTS) is 1. The molecular weight excluding hydrogens is 230 g/mol. The number of carbonyl (C=O) groups is 1. The summed E-state index contributed by atoms with van der Waals surface area (Å²) < 4.78 is 0. The quantitative estimate of drug-likeness (QED) is 0.887. The smallest absolute Gasteiger partial charge is 0.354 e. The van der Waals surface area contributed by atoms with Gasteiger partial charge in [0.15, 0.2) is 5.69 Å². The molecule has 1 aliphatic rings. The van der Waals surface area contributed by atoms with Gasteiger partial charge in [-0.3, -0.25) is 0 Å². The minimum absolute atomic E-state index is 0.0641. The minimum Gasteiger partial charge on any atom is -0.477 e. The zero-order valence-electron chi connectivity index (χ0n) is 10.7. The Bertz CT molecular complexity index is 416. The van der Waals surface area contributed by atoms with Gasteiger partial charge in [0, 0.05) is 18.8 Å². The highest BCUT2D eigenvalue weighted by Gasteiger charge is 2.22. The fraction of sp³-hybridized carbons (Fsp3) is 0.615. The molecular formula is C13H19N3O2. The van der Waals surface area contributed by atoms with Gasteiger partial charge in [0.2, 0.25) is 5.95 Å². The first-order valence-electron chi connectivity index (χ1n) is 6.55. The summed E-state index contributed by atoms with van der Waals surface area (Å²) >= 11 is 0. The number of carboxylic acids is 1. The lowest BCUT2D eigenvalue weighted by molar-refractivity contribution is 0.0690. The molecule has 1 fully saturated rings. The van der Waals surface area contributed by atoms with Crippen LogP contribution >= 0.6 is 0 Å². The average molecular weight is 249 g/mol. The van der Waals surface area contributed by atoms with Crippen LogP contribution in [0.5, 0.6) is 0 Å². The molecule has 2 rings (SSSR count). The van der Waals surface area contributed by atoms with Crippen LogP contribution < -0.4 is 4.90 Å². The Hall–Kier alpha value is -1.65. The molecule has 0 radical (unpaired) electrons. The highest BCUT2D eigenvalue weighted by Crippen LogP contribution is 2.25. The molecule has 1 aromatic rings. The summed E-state index contributed by atoms with van der Waals surface area (Å²) in [7, 11) is 0. The Morgan fingerprint density at radius 3 is 2.78 bits per heavy atom. The van der Waals surface area contributed by atoms with Gasteiger partial charge in [-0.1, -0.05) is 19.3 Å². The molecule has 1 heterocycles. The fourth-order valence-electron chi connectivity index (χ4n) is 2.56. The molecule has 0 atom stereocenters. The van der Waals surface area contributed by atoms with Gasteiger partial charge in [-0.15, -0.1) is 0 Å². The number of aromatic carboxylic acids is 1. The molecule has 18 heavy (non-hydrogen) atoms. The average Bonchev–Trinajstić information content (AvgIpc) is 2.41. The van der Waals surface area contributed by atoms with Crippen LogP contribution in [0.1, 0.15) is 49.5 Å². The Morgan fingerprint density at radius 2 is 2.17 bits per heavy atom. The SMILES string of the molecule is CCN(c1nccc(C(=O)O)n1)C1CCCCC1. The van der Waals surface area contributed by atoms with E-state index in [-0.39, 0.29) is 5.69 Å². The predicted molar refractivity (Wildman–Crippen MR) is 68.9 cm³/mol. The van der Waals surface area contributed by atoms with Crippen molar-refractivity contribution in [3.05, 3.63) is 18.0 Å². The zero-order valence-corrected chi connectivity index (χ0v) is 10.7. The third-order valence-electron chi connectivity index (χ3n) is 3.48. The summed E-state index contributed by atoms with van der Waals surface area (Å²) in [4.78, 5) is 21.4. The third kappa shape index (κ3) is 2.78. The van der Waals surface area contributed by atoms with Crippen LogP contribution in [0.15, 0.2) is 12.3 Å². The van der Waals surface area contributed by atoms with Gasteiger partial charge in [-0.2, -0.15) is 0 Å². The lowest BCUT2D eigenvalue weighted by Gasteiger charge is -2.33. The van der Waals surface area contributed by atoms with Crippen molar-refractivity contribution < 1.29 is 9.90 Å². The maximum atomic E-state index is 10.9. The molecule has 1 aromatic heterocycles.